The average molecular weight is 122 g/mol. The number of hydrogen-bond acceptors (Lipinski definition) is 4. The molecule has 0 aromatic carbocycles. The predicted octanol–water partition coefficient (Wildman–Crippen LogP) is 0.0905. The molecule has 9 heavy (non-hydrogen) atoms. The van der Waals surface area contributed by atoms with Gasteiger partial charge in [-0.2, -0.15) is 10.5 Å². The molecule has 0 fully saturated rings. The van der Waals surface area contributed by atoms with E-state index in [0.717, 1.165) is 6.26 Å². The highest BCUT2D eigenvalue weighted by Gasteiger charge is 1.87. The minimum atomic E-state index is -0.234. The topological polar surface area (TPSA) is 73.9 Å². The highest BCUT2D eigenvalue weighted by atomic mass is 16.5. The second-order valence-corrected chi connectivity index (χ2v) is 0.987. The molecule has 0 saturated carbocycles. The quantitative estimate of drug-likeness (QED) is 0.295. The Morgan fingerprint density at radius 1 is 1.44 bits per heavy atom. The van der Waals surface area contributed by atoms with Crippen molar-refractivity contribution in [1.29, 1.82) is 10.5 Å². The maximum Gasteiger partial charge on any atom is 0.297 e. The molecule has 0 radical (unpaired) electrons. The van der Waals surface area contributed by atoms with Gasteiger partial charge < -0.3 is 4.74 Å². The van der Waals surface area contributed by atoms with Gasteiger partial charge in [0.25, 0.3) is 6.47 Å². The predicted molar refractivity (Wildman–Crippen MR) is 26.5 cm³/mol. The molecule has 0 aromatic heterocycles. The molecule has 0 aliphatic carbocycles. The Balaban J connectivity index is 4.00. The number of nitrogens with zero attached hydrogens (tertiary/aromatic N) is 2. The lowest BCUT2D eigenvalue weighted by Crippen LogP contribution is -1.77. The summed E-state index contributed by atoms with van der Waals surface area (Å²) < 4.78 is 3.99. The Morgan fingerprint density at radius 2 is 2.00 bits per heavy atom. The van der Waals surface area contributed by atoms with Crippen LogP contribution in [0.3, 0.4) is 0 Å². The number of rotatable bonds is 2. The zero-order valence-electron chi connectivity index (χ0n) is 4.37. The molecule has 0 N–H and O–H groups in total. The number of nitriles is 2. The molecule has 4 heteroatoms. The summed E-state index contributed by atoms with van der Waals surface area (Å²) in [5.41, 5.74) is -0.234. The minimum absolute atomic E-state index is 0.134. The van der Waals surface area contributed by atoms with Gasteiger partial charge in [-0.25, -0.2) is 0 Å². The molecule has 0 aliphatic rings. The van der Waals surface area contributed by atoms with E-state index in [0.29, 0.717) is 0 Å². The van der Waals surface area contributed by atoms with Crippen molar-refractivity contribution in [3.05, 3.63) is 11.8 Å². The molecule has 0 rings (SSSR count). The van der Waals surface area contributed by atoms with E-state index in [9.17, 15) is 4.79 Å². The average Bonchev–Trinajstić information content (AvgIpc) is 1.91. The maximum atomic E-state index is 9.46. The van der Waals surface area contributed by atoms with Crippen LogP contribution >= 0.6 is 0 Å². The third-order valence-electron chi connectivity index (χ3n) is 0.482. The monoisotopic (exact) mass is 122 g/mol. The molecule has 0 spiro atoms. The van der Waals surface area contributed by atoms with Crippen molar-refractivity contribution >= 4 is 6.47 Å². The van der Waals surface area contributed by atoms with Crippen LogP contribution in [0.25, 0.3) is 0 Å². The molecule has 0 saturated heterocycles. The van der Waals surface area contributed by atoms with Crippen molar-refractivity contribution in [3.8, 4) is 12.1 Å². The van der Waals surface area contributed by atoms with Crippen molar-refractivity contribution in [2.75, 3.05) is 0 Å². The fourth-order valence-electron chi connectivity index (χ4n) is 0.174. The highest BCUT2D eigenvalue weighted by molar-refractivity contribution is 5.41. The molecule has 0 amide bonds. The first-order chi connectivity index (χ1) is 4.35. The van der Waals surface area contributed by atoms with Gasteiger partial charge in [-0.3, -0.25) is 4.79 Å². The zero-order valence-corrected chi connectivity index (χ0v) is 4.37. The lowest BCUT2D eigenvalue weighted by Gasteiger charge is -1.79. The third kappa shape index (κ3) is 2.84. The van der Waals surface area contributed by atoms with Gasteiger partial charge >= 0.3 is 0 Å². The molecule has 44 valence electrons. The van der Waals surface area contributed by atoms with Gasteiger partial charge in [0, 0.05) is 0 Å². The van der Waals surface area contributed by atoms with Crippen molar-refractivity contribution in [3.63, 3.8) is 0 Å². The van der Waals surface area contributed by atoms with Crippen molar-refractivity contribution in [2.24, 2.45) is 0 Å². The van der Waals surface area contributed by atoms with Crippen LogP contribution in [0.5, 0.6) is 0 Å². The van der Waals surface area contributed by atoms with E-state index in [1.165, 1.54) is 12.1 Å². The van der Waals surface area contributed by atoms with E-state index < -0.39 is 0 Å². The van der Waals surface area contributed by atoms with Gasteiger partial charge in [-0.15, -0.1) is 0 Å². The third-order valence-corrected chi connectivity index (χ3v) is 0.482. The standard InChI is InChI=1S/C5H2N2O2/c6-1-5(2-7)3-9-4-8/h3-4H. The number of carbonyl (C=O) groups is 1. The van der Waals surface area contributed by atoms with Crippen molar-refractivity contribution in [2.45, 2.75) is 0 Å². The molecule has 0 unspecified atom stereocenters. The summed E-state index contributed by atoms with van der Waals surface area (Å²) in [4.78, 5) is 9.46. The van der Waals surface area contributed by atoms with E-state index in [4.69, 9.17) is 10.5 Å². The van der Waals surface area contributed by atoms with Gasteiger partial charge in [0.2, 0.25) is 0 Å². The van der Waals surface area contributed by atoms with Crippen LogP contribution in [-0.4, -0.2) is 6.47 Å². The van der Waals surface area contributed by atoms with Gasteiger partial charge in [0.15, 0.2) is 5.57 Å². The minimum Gasteiger partial charge on any atom is -0.435 e. The van der Waals surface area contributed by atoms with E-state index in [1.54, 1.807) is 0 Å². The highest BCUT2D eigenvalue weighted by Crippen LogP contribution is 1.86. The Bertz CT molecular complexity index is 190. The van der Waals surface area contributed by atoms with Gasteiger partial charge in [0.05, 0.1) is 0 Å². The lowest BCUT2D eigenvalue weighted by molar-refractivity contribution is -0.123. The molecular weight excluding hydrogens is 120 g/mol. The summed E-state index contributed by atoms with van der Waals surface area (Å²) in [6.45, 7) is 0.134. The van der Waals surface area contributed by atoms with Crippen LogP contribution < -0.4 is 0 Å². The fraction of sp³-hybridized carbons (Fsp3) is 0. The summed E-state index contributed by atoms with van der Waals surface area (Å²) in [6, 6.07) is 3.01. The molecule has 4 nitrogen and oxygen atoms in total. The van der Waals surface area contributed by atoms with Crippen LogP contribution in [0, 0.1) is 22.7 Å². The van der Waals surface area contributed by atoms with Crippen LogP contribution in [0.1, 0.15) is 0 Å². The van der Waals surface area contributed by atoms with Gasteiger partial charge in [-0.05, 0) is 0 Å². The van der Waals surface area contributed by atoms with Gasteiger partial charge in [0.1, 0.15) is 18.4 Å². The number of allylic oxidation sites excluding steroid dienone is 1. The fourth-order valence-corrected chi connectivity index (χ4v) is 0.174. The first-order valence-electron chi connectivity index (χ1n) is 1.94. The summed E-state index contributed by atoms with van der Waals surface area (Å²) in [6.07, 6.45) is 0.785. The Morgan fingerprint density at radius 3 is 2.33 bits per heavy atom. The second kappa shape index (κ2) is 4.35. The Kier molecular flexibility index (Phi) is 3.48. The Hall–Kier alpha value is -1.81. The molecule has 0 aliphatic heterocycles. The second-order valence-electron chi connectivity index (χ2n) is 0.987. The first kappa shape index (κ1) is 7.19. The van der Waals surface area contributed by atoms with Crippen LogP contribution in [0.4, 0.5) is 0 Å². The lowest BCUT2D eigenvalue weighted by atomic mass is 10.4. The SMILES string of the molecule is N#CC(C#N)=COC=O. The van der Waals surface area contributed by atoms with Crippen molar-refractivity contribution < 1.29 is 9.53 Å². The maximum absolute atomic E-state index is 9.46. The summed E-state index contributed by atoms with van der Waals surface area (Å²) in [5, 5.41) is 16.0. The van der Waals surface area contributed by atoms with Crippen LogP contribution in [0.15, 0.2) is 11.8 Å². The zero-order chi connectivity index (χ0) is 7.11. The van der Waals surface area contributed by atoms with Gasteiger partial charge in [-0.1, -0.05) is 0 Å². The number of hydrogen-bond donors (Lipinski definition) is 0. The summed E-state index contributed by atoms with van der Waals surface area (Å²) in [7, 11) is 0. The number of carbonyl (C=O) groups excluding carboxylic acids is 1. The van der Waals surface area contributed by atoms with E-state index in [1.807, 2.05) is 0 Å². The van der Waals surface area contributed by atoms with Crippen LogP contribution in [0.2, 0.25) is 0 Å². The Labute approximate surface area is 51.6 Å². The largest absolute Gasteiger partial charge is 0.435 e. The van der Waals surface area contributed by atoms with E-state index >= 15 is 0 Å². The molecule has 0 heterocycles. The summed E-state index contributed by atoms with van der Waals surface area (Å²) >= 11 is 0. The molecule has 0 bridgehead atoms. The van der Waals surface area contributed by atoms with E-state index in [2.05, 4.69) is 4.74 Å². The normalized spacial score (nSPS) is 6.00. The molecular formula is C5H2N2O2. The first-order valence-corrected chi connectivity index (χ1v) is 1.94. The van der Waals surface area contributed by atoms with Crippen molar-refractivity contribution in [1.82, 2.24) is 0 Å². The van der Waals surface area contributed by atoms with E-state index in [-0.39, 0.29) is 12.0 Å². The smallest absolute Gasteiger partial charge is 0.297 e. The molecule has 0 aromatic rings. The molecule has 0 atom stereocenters. The summed E-state index contributed by atoms with van der Waals surface area (Å²) in [5.74, 6) is 0. The van der Waals surface area contributed by atoms with Crippen LogP contribution in [-0.2, 0) is 9.53 Å². The number of ether oxygens (including phenoxy) is 1.